The fourth-order valence-electron chi connectivity index (χ4n) is 0.747. The molecule has 74 valence electrons. The molecule has 0 bridgehead atoms. The van der Waals surface area contributed by atoms with E-state index in [-0.39, 0.29) is 18.9 Å². The third-order valence-electron chi connectivity index (χ3n) is 1.31. The van der Waals surface area contributed by atoms with Crippen LogP contribution in [0.4, 0.5) is 0 Å². The molecule has 7 heteroatoms. The van der Waals surface area contributed by atoms with Crippen molar-refractivity contribution in [1.82, 2.24) is 0 Å². The van der Waals surface area contributed by atoms with Gasteiger partial charge in [-0.25, -0.2) is 8.42 Å². The Bertz CT molecular complexity index is 217. The predicted molar refractivity (Wildman–Crippen MR) is 48.7 cm³/mol. The van der Waals surface area contributed by atoms with Crippen LogP contribution in [0.2, 0.25) is 0 Å². The van der Waals surface area contributed by atoms with Crippen molar-refractivity contribution in [3.05, 3.63) is 0 Å². The zero-order chi connectivity index (χ0) is 9.78. The van der Waals surface area contributed by atoms with Gasteiger partial charge in [0.25, 0.3) is 0 Å². The van der Waals surface area contributed by atoms with Crippen molar-refractivity contribution in [3.8, 4) is 0 Å². The van der Waals surface area contributed by atoms with Crippen molar-refractivity contribution in [1.29, 1.82) is 0 Å². The van der Waals surface area contributed by atoms with E-state index < -0.39 is 16.5 Å². The van der Waals surface area contributed by atoms with Gasteiger partial charge >= 0.3 is 18.9 Å². The van der Waals surface area contributed by atoms with Crippen molar-refractivity contribution >= 4 is 19.6 Å². The second-order valence-electron chi connectivity index (χ2n) is 2.87. The number of hydrogen-bond donors (Lipinski definition) is 0. The molecule has 0 aliphatic rings. The summed E-state index contributed by atoms with van der Waals surface area (Å²) >= 11 is 0. The Morgan fingerprint density at radius 2 is 1.85 bits per heavy atom. The molecule has 3 atom stereocenters. The Balaban J connectivity index is 0. The first kappa shape index (κ1) is 16.3. The second-order valence-corrected chi connectivity index (χ2v) is 5.02. The molecule has 0 heterocycles. The molecule has 0 fully saturated rings. The third kappa shape index (κ3) is 12.9. The zero-order valence-electron chi connectivity index (χ0n) is 8.19. The summed E-state index contributed by atoms with van der Waals surface area (Å²) in [6.07, 6.45) is 0.878. The van der Waals surface area contributed by atoms with Crippen LogP contribution < -0.4 is 18.9 Å². The van der Waals surface area contributed by atoms with Gasteiger partial charge in [-0.2, -0.15) is 0 Å². The Kier molecular flexibility index (Phi) is 9.07. The van der Waals surface area contributed by atoms with Gasteiger partial charge in [-0.3, -0.25) is 4.18 Å². The first-order chi connectivity index (χ1) is 5.31. The maximum atomic E-state index is 10.1. The fourth-order valence-corrected chi connectivity index (χ4v) is 1.44. The van der Waals surface area contributed by atoms with E-state index in [0.717, 1.165) is 6.42 Å². The summed E-state index contributed by atoms with van der Waals surface area (Å²) in [7, 11) is -1.94. The molecule has 0 aromatic heterocycles. The molecule has 0 aliphatic heterocycles. The summed E-state index contributed by atoms with van der Waals surface area (Å²) in [6.45, 7) is 3.56. The topological polar surface area (TPSA) is 66.4 Å². The first-order valence-corrected chi connectivity index (χ1v) is 5.71. The monoisotopic (exact) mass is 220 g/mol. The summed E-state index contributed by atoms with van der Waals surface area (Å²) in [4.78, 5) is 0. The van der Waals surface area contributed by atoms with Crippen molar-refractivity contribution in [2.24, 2.45) is 0 Å². The SMILES string of the molecule is C[C@@H](P)CC[C@H](C)OS(=O)(=O)[O-].[Li+]. The molecule has 4 nitrogen and oxygen atoms in total. The van der Waals surface area contributed by atoms with Crippen LogP contribution >= 0.6 is 9.24 Å². The van der Waals surface area contributed by atoms with Crippen LogP contribution in [0, 0.1) is 0 Å². The van der Waals surface area contributed by atoms with Crippen LogP contribution in [0.1, 0.15) is 26.7 Å². The average Bonchev–Trinajstić information content (AvgIpc) is 1.79. The van der Waals surface area contributed by atoms with Gasteiger partial charge in [0, 0.05) is 0 Å². The summed E-state index contributed by atoms with van der Waals surface area (Å²) in [5, 5.41) is 0. The van der Waals surface area contributed by atoms with Gasteiger partial charge in [-0.1, -0.05) is 6.92 Å². The van der Waals surface area contributed by atoms with E-state index in [1.54, 1.807) is 6.92 Å². The van der Waals surface area contributed by atoms with Gasteiger partial charge in [0.15, 0.2) is 0 Å². The maximum absolute atomic E-state index is 10.1. The molecule has 0 aliphatic carbocycles. The van der Waals surface area contributed by atoms with E-state index in [0.29, 0.717) is 12.1 Å². The molecule has 0 saturated heterocycles. The minimum Gasteiger partial charge on any atom is -0.726 e. The van der Waals surface area contributed by atoms with E-state index in [1.807, 2.05) is 6.92 Å². The summed E-state index contributed by atoms with van der Waals surface area (Å²) in [5.74, 6) is 0. The molecule has 0 rings (SSSR count). The van der Waals surface area contributed by atoms with Crippen molar-refractivity contribution < 1.29 is 36.0 Å². The standard InChI is InChI=1S/C6H15O4PS.Li/c1-5(3-4-6(2)11)10-12(7,8)9;/h5-6H,3-4,11H2,1-2H3,(H,7,8,9);/q;+1/p-1/t5-,6+;/m0./s1. The van der Waals surface area contributed by atoms with Crippen molar-refractivity contribution in [2.45, 2.75) is 38.5 Å². The van der Waals surface area contributed by atoms with E-state index in [2.05, 4.69) is 13.4 Å². The predicted octanol–water partition coefficient (Wildman–Crippen LogP) is -2.10. The van der Waals surface area contributed by atoms with E-state index in [1.165, 1.54) is 0 Å². The molecular weight excluding hydrogens is 206 g/mol. The van der Waals surface area contributed by atoms with Crippen LogP contribution in [0.25, 0.3) is 0 Å². The van der Waals surface area contributed by atoms with E-state index in [4.69, 9.17) is 0 Å². The van der Waals surface area contributed by atoms with Crippen LogP contribution in [-0.2, 0) is 14.6 Å². The maximum Gasteiger partial charge on any atom is 1.00 e. The first-order valence-electron chi connectivity index (χ1n) is 3.71. The Labute approximate surface area is 94.1 Å². The van der Waals surface area contributed by atoms with Crippen LogP contribution in [0.5, 0.6) is 0 Å². The molecule has 0 N–H and O–H groups in total. The molecule has 0 spiro atoms. The molecule has 0 aromatic rings. The van der Waals surface area contributed by atoms with Gasteiger partial charge in [0.2, 0.25) is 10.4 Å². The van der Waals surface area contributed by atoms with E-state index >= 15 is 0 Å². The normalized spacial score (nSPS) is 16.0. The van der Waals surface area contributed by atoms with Crippen LogP contribution in [0.3, 0.4) is 0 Å². The van der Waals surface area contributed by atoms with Crippen molar-refractivity contribution in [3.63, 3.8) is 0 Å². The summed E-state index contributed by atoms with van der Waals surface area (Å²) in [5.41, 5.74) is 0.408. The Morgan fingerprint density at radius 1 is 1.38 bits per heavy atom. The summed E-state index contributed by atoms with van der Waals surface area (Å²) < 4.78 is 34.5. The third-order valence-corrected chi connectivity index (χ3v) is 2.21. The Morgan fingerprint density at radius 3 is 2.15 bits per heavy atom. The molecule has 0 aromatic carbocycles. The van der Waals surface area contributed by atoms with Crippen molar-refractivity contribution in [2.75, 3.05) is 0 Å². The fraction of sp³-hybridized carbons (Fsp3) is 1.00. The van der Waals surface area contributed by atoms with Gasteiger partial charge in [0.05, 0.1) is 6.10 Å². The van der Waals surface area contributed by atoms with E-state index in [9.17, 15) is 13.0 Å². The minimum absolute atomic E-state index is 0. The second kappa shape index (κ2) is 7.22. The smallest absolute Gasteiger partial charge is 0.726 e. The largest absolute Gasteiger partial charge is 1.00 e. The van der Waals surface area contributed by atoms with Gasteiger partial charge in [0.1, 0.15) is 0 Å². The van der Waals surface area contributed by atoms with Crippen LogP contribution in [0.15, 0.2) is 0 Å². The molecule has 1 unspecified atom stereocenters. The summed E-state index contributed by atoms with van der Waals surface area (Å²) in [6, 6.07) is 0. The van der Waals surface area contributed by atoms with Gasteiger partial charge < -0.3 is 4.55 Å². The molecule has 0 radical (unpaired) electrons. The molecular formula is C6H14LiO4PS. The van der Waals surface area contributed by atoms with Crippen LogP contribution in [-0.4, -0.2) is 24.7 Å². The number of rotatable bonds is 5. The quantitative estimate of drug-likeness (QED) is 0.230. The van der Waals surface area contributed by atoms with Gasteiger partial charge in [-0.15, -0.1) is 9.24 Å². The molecule has 13 heavy (non-hydrogen) atoms. The minimum atomic E-state index is -4.53. The molecule has 0 saturated carbocycles. The number of hydrogen-bond acceptors (Lipinski definition) is 4. The molecule has 0 amide bonds. The Hall–Kier alpha value is 0.897. The average molecular weight is 220 g/mol. The van der Waals surface area contributed by atoms with Gasteiger partial charge in [-0.05, 0) is 25.4 Å². The zero-order valence-corrected chi connectivity index (χ0v) is 10.2.